The lowest BCUT2D eigenvalue weighted by molar-refractivity contribution is 0.0710. The lowest BCUT2D eigenvalue weighted by atomic mass is 9.95. The Morgan fingerprint density at radius 1 is 0.919 bits per heavy atom. The number of hydrogen-bond donors (Lipinski definition) is 1. The maximum atomic E-state index is 13.2. The molecule has 3 aromatic carbocycles. The summed E-state index contributed by atoms with van der Waals surface area (Å²) < 4.78 is 13.0. The highest BCUT2D eigenvalue weighted by Crippen LogP contribution is 2.30. The van der Waals surface area contributed by atoms with E-state index in [-0.39, 0.29) is 11.7 Å². The standard InChI is InChI=1S/C30H31N3O4/c1-36-27-17-21(18-28(19-27)37-2)20-33-16-13-31-29(33)24-11-14-32(15-12-24)30(35)25-5-3-22(4-6-25)23-7-9-26(34)10-8-23/h3-10,13,16-19,24,34H,11-12,14-15,20H2,1-2H3. The van der Waals surface area contributed by atoms with Crippen LogP contribution in [0.15, 0.2) is 79.1 Å². The quantitative estimate of drug-likeness (QED) is 0.373. The van der Waals surface area contributed by atoms with Gasteiger partial charge in [-0.2, -0.15) is 0 Å². The first kappa shape index (κ1) is 24.4. The number of rotatable bonds is 7. The second-order valence-corrected chi connectivity index (χ2v) is 9.32. The van der Waals surface area contributed by atoms with Crippen molar-refractivity contribution in [1.29, 1.82) is 0 Å². The zero-order chi connectivity index (χ0) is 25.8. The molecule has 0 aliphatic carbocycles. The molecular formula is C30H31N3O4. The lowest BCUT2D eigenvalue weighted by Crippen LogP contribution is -2.38. The molecule has 1 aliphatic rings. The molecule has 0 radical (unpaired) electrons. The van der Waals surface area contributed by atoms with Crippen molar-refractivity contribution >= 4 is 5.91 Å². The fourth-order valence-corrected chi connectivity index (χ4v) is 4.95. The Kier molecular flexibility index (Phi) is 7.12. The molecule has 0 bridgehead atoms. The van der Waals surface area contributed by atoms with Crippen molar-refractivity contribution in [3.63, 3.8) is 0 Å². The van der Waals surface area contributed by atoms with Crippen LogP contribution in [0.3, 0.4) is 0 Å². The van der Waals surface area contributed by atoms with E-state index in [0.29, 0.717) is 31.1 Å². The average molecular weight is 498 g/mol. The van der Waals surface area contributed by atoms with Gasteiger partial charge in [-0.25, -0.2) is 4.98 Å². The number of phenols is 1. The first-order valence-corrected chi connectivity index (χ1v) is 12.5. The monoisotopic (exact) mass is 497 g/mol. The highest BCUT2D eigenvalue weighted by molar-refractivity contribution is 5.94. The van der Waals surface area contributed by atoms with Crippen molar-refractivity contribution in [3.05, 3.63) is 96.1 Å². The summed E-state index contributed by atoms with van der Waals surface area (Å²) in [5.41, 5.74) is 3.78. The van der Waals surface area contributed by atoms with Gasteiger partial charge in [0.15, 0.2) is 0 Å². The lowest BCUT2D eigenvalue weighted by Gasteiger charge is -2.32. The molecule has 1 N–H and O–H groups in total. The van der Waals surface area contributed by atoms with Crippen LogP contribution < -0.4 is 9.47 Å². The number of likely N-dealkylation sites (tertiary alicyclic amines) is 1. The van der Waals surface area contributed by atoms with Crippen molar-refractivity contribution in [3.8, 4) is 28.4 Å². The number of carbonyl (C=O) groups is 1. The van der Waals surface area contributed by atoms with Crippen molar-refractivity contribution in [2.75, 3.05) is 27.3 Å². The molecular weight excluding hydrogens is 466 g/mol. The Morgan fingerprint density at radius 3 is 2.11 bits per heavy atom. The number of hydrogen-bond acceptors (Lipinski definition) is 5. The van der Waals surface area contributed by atoms with E-state index in [1.165, 1.54) is 0 Å². The van der Waals surface area contributed by atoms with Gasteiger partial charge in [0.05, 0.1) is 14.2 Å². The minimum Gasteiger partial charge on any atom is -0.508 e. The van der Waals surface area contributed by atoms with Crippen molar-refractivity contribution in [2.24, 2.45) is 0 Å². The Labute approximate surface area is 216 Å². The normalized spacial score (nSPS) is 13.9. The van der Waals surface area contributed by atoms with Crippen LogP contribution in [0.5, 0.6) is 17.2 Å². The second kappa shape index (κ2) is 10.8. The van der Waals surface area contributed by atoms with Crippen LogP contribution in [0.1, 0.15) is 40.5 Å². The largest absolute Gasteiger partial charge is 0.508 e. The molecule has 5 rings (SSSR count). The SMILES string of the molecule is COc1cc(Cn2ccnc2C2CCN(C(=O)c3ccc(-c4ccc(O)cc4)cc3)CC2)cc(OC)c1. The van der Waals surface area contributed by atoms with Gasteiger partial charge in [0, 0.05) is 49.6 Å². The molecule has 37 heavy (non-hydrogen) atoms. The van der Waals surface area contributed by atoms with Crippen LogP contribution in [-0.2, 0) is 6.54 Å². The summed E-state index contributed by atoms with van der Waals surface area (Å²) in [6, 6.07) is 20.6. The van der Waals surface area contributed by atoms with Gasteiger partial charge >= 0.3 is 0 Å². The number of methoxy groups -OCH3 is 2. The maximum absolute atomic E-state index is 13.2. The molecule has 0 atom stereocenters. The number of aromatic nitrogens is 2. The Balaban J connectivity index is 1.22. The van der Waals surface area contributed by atoms with E-state index in [2.05, 4.69) is 9.55 Å². The topological polar surface area (TPSA) is 76.8 Å². The van der Waals surface area contributed by atoms with Crippen LogP contribution in [0.25, 0.3) is 11.1 Å². The number of imidazole rings is 1. The smallest absolute Gasteiger partial charge is 0.253 e. The number of ether oxygens (including phenoxy) is 2. The highest BCUT2D eigenvalue weighted by Gasteiger charge is 2.27. The zero-order valence-electron chi connectivity index (χ0n) is 21.1. The predicted octanol–water partition coefficient (Wildman–Crippen LogP) is 5.34. The molecule has 1 fully saturated rings. The first-order chi connectivity index (χ1) is 18.0. The zero-order valence-corrected chi connectivity index (χ0v) is 21.1. The van der Waals surface area contributed by atoms with Crippen molar-refractivity contribution < 1.29 is 19.4 Å². The molecule has 7 heteroatoms. The van der Waals surface area contributed by atoms with Gasteiger partial charge in [-0.3, -0.25) is 4.79 Å². The van der Waals surface area contributed by atoms with Crippen LogP contribution in [0.4, 0.5) is 0 Å². The molecule has 1 saturated heterocycles. The summed E-state index contributed by atoms with van der Waals surface area (Å²) >= 11 is 0. The number of piperidine rings is 1. The van der Waals surface area contributed by atoms with Gasteiger partial charge in [0.25, 0.3) is 5.91 Å². The highest BCUT2D eigenvalue weighted by atomic mass is 16.5. The maximum Gasteiger partial charge on any atom is 0.253 e. The van der Waals surface area contributed by atoms with Gasteiger partial charge in [-0.05, 0) is 65.9 Å². The van der Waals surface area contributed by atoms with Crippen LogP contribution >= 0.6 is 0 Å². The predicted molar refractivity (Wildman–Crippen MR) is 142 cm³/mol. The third-order valence-corrected chi connectivity index (χ3v) is 6.99. The third kappa shape index (κ3) is 5.45. The van der Waals surface area contributed by atoms with Crippen molar-refractivity contribution in [1.82, 2.24) is 14.5 Å². The number of amides is 1. The molecule has 1 aromatic heterocycles. The van der Waals surface area contributed by atoms with E-state index in [9.17, 15) is 9.90 Å². The summed E-state index contributed by atoms with van der Waals surface area (Å²) in [5.74, 6) is 3.16. The molecule has 0 spiro atoms. The van der Waals surface area contributed by atoms with Gasteiger partial charge < -0.3 is 24.0 Å². The molecule has 190 valence electrons. The number of nitrogens with zero attached hydrogens (tertiary/aromatic N) is 3. The summed E-state index contributed by atoms with van der Waals surface area (Å²) in [4.78, 5) is 19.8. The van der Waals surface area contributed by atoms with Gasteiger partial charge in [-0.15, -0.1) is 0 Å². The molecule has 0 saturated carbocycles. The molecule has 7 nitrogen and oxygen atoms in total. The number of benzene rings is 3. The van der Waals surface area contributed by atoms with Gasteiger partial charge in [0.1, 0.15) is 23.1 Å². The van der Waals surface area contributed by atoms with Crippen LogP contribution in [-0.4, -0.2) is 52.8 Å². The van der Waals surface area contributed by atoms with Gasteiger partial charge in [-0.1, -0.05) is 24.3 Å². The minimum absolute atomic E-state index is 0.0579. The third-order valence-electron chi connectivity index (χ3n) is 6.99. The van der Waals surface area contributed by atoms with E-state index in [0.717, 1.165) is 46.9 Å². The number of carbonyl (C=O) groups excluding carboxylic acids is 1. The van der Waals surface area contributed by atoms with Crippen LogP contribution in [0, 0.1) is 0 Å². The van der Waals surface area contributed by atoms with E-state index < -0.39 is 0 Å². The second-order valence-electron chi connectivity index (χ2n) is 9.32. The Hall–Kier alpha value is -4.26. The number of aromatic hydroxyl groups is 1. The van der Waals surface area contributed by atoms with E-state index >= 15 is 0 Å². The average Bonchev–Trinajstić information content (AvgIpc) is 3.41. The first-order valence-electron chi connectivity index (χ1n) is 12.5. The number of phenolic OH excluding ortho intramolecular Hbond substituents is 1. The fraction of sp³-hybridized carbons (Fsp3) is 0.267. The minimum atomic E-state index is 0.0579. The molecule has 1 amide bonds. The molecule has 2 heterocycles. The summed E-state index contributed by atoms with van der Waals surface area (Å²) in [5, 5.41) is 9.50. The Morgan fingerprint density at radius 2 is 1.51 bits per heavy atom. The van der Waals surface area contributed by atoms with E-state index in [1.54, 1.807) is 26.4 Å². The summed E-state index contributed by atoms with van der Waals surface area (Å²) in [7, 11) is 3.31. The van der Waals surface area contributed by atoms with E-state index in [1.807, 2.05) is 71.9 Å². The molecule has 4 aromatic rings. The summed E-state index contributed by atoms with van der Waals surface area (Å²) in [6.45, 7) is 2.07. The van der Waals surface area contributed by atoms with E-state index in [4.69, 9.17) is 9.47 Å². The summed E-state index contributed by atoms with van der Waals surface area (Å²) in [6.07, 6.45) is 5.60. The molecule has 0 unspecified atom stereocenters. The molecule has 1 aliphatic heterocycles. The van der Waals surface area contributed by atoms with Crippen molar-refractivity contribution in [2.45, 2.75) is 25.3 Å². The van der Waals surface area contributed by atoms with Gasteiger partial charge in [0.2, 0.25) is 0 Å². The van der Waals surface area contributed by atoms with Crippen LogP contribution in [0.2, 0.25) is 0 Å². The fourth-order valence-electron chi connectivity index (χ4n) is 4.95. The Bertz CT molecular complexity index is 1330.